The molecule has 0 spiro atoms. The van der Waals surface area contributed by atoms with Crippen LogP contribution < -0.4 is 5.73 Å². The van der Waals surface area contributed by atoms with E-state index in [9.17, 15) is 9.59 Å². The molecule has 1 rings (SSSR count). The fraction of sp³-hybridized carbons (Fsp3) is 0.846. The second-order valence-corrected chi connectivity index (χ2v) is 5.36. The van der Waals surface area contributed by atoms with Gasteiger partial charge in [-0.3, -0.25) is 9.59 Å². The van der Waals surface area contributed by atoms with E-state index in [1.54, 1.807) is 11.8 Å². The average Bonchev–Trinajstić information content (AvgIpc) is 2.23. The maximum atomic E-state index is 12.2. The van der Waals surface area contributed by atoms with Gasteiger partial charge in [0.15, 0.2) is 0 Å². The molecule has 1 aliphatic carbocycles. The van der Waals surface area contributed by atoms with Gasteiger partial charge in [0, 0.05) is 19.0 Å². The zero-order valence-corrected chi connectivity index (χ0v) is 11.3. The first-order chi connectivity index (χ1) is 8.44. The minimum absolute atomic E-state index is 0.00476. The molecule has 0 bridgehead atoms. The van der Waals surface area contributed by atoms with E-state index < -0.39 is 5.97 Å². The van der Waals surface area contributed by atoms with Crippen molar-refractivity contribution < 1.29 is 14.7 Å². The molecule has 0 radical (unpaired) electrons. The summed E-state index contributed by atoms with van der Waals surface area (Å²) >= 11 is 0. The molecular formula is C13H24N2O3. The highest BCUT2D eigenvalue weighted by atomic mass is 16.4. The molecule has 0 heterocycles. The van der Waals surface area contributed by atoms with Gasteiger partial charge in [0.1, 0.15) is 0 Å². The number of aliphatic carboxylic acids is 1. The van der Waals surface area contributed by atoms with Crippen molar-refractivity contribution in [2.45, 2.75) is 52.0 Å². The van der Waals surface area contributed by atoms with Gasteiger partial charge in [-0.2, -0.15) is 0 Å². The van der Waals surface area contributed by atoms with Crippen molar-refractivity contribution in [2.75, 3.05) is 13.1 Å². The Labute approximate surface area is 108 Å². The molecule has 5 nitrogen and oxygen atoms in total. The van der Waals surface area contributed by atoms with Crippen LogP contribution >= 0.6 is 0 Å². The minimum Gasteiger partial charge on any atom is -0.481 e. The van der Waals surface area contributed by atoms with Gasteiger partial charge in [0.2, 0.25) is 5.91 Å². The van der Waals surface area contributed by atoms with E-state index >= 15 is 0 Å². The summed E-state index contributed by atoms with van der Waals surface area (Å²) in [7, 11) is 0. The molecule has 3 N–H and O–H groups in total. The molecule has 0 aliphatic heterocycles. The number of carbonyl (C=O) groups excluding carboxylic acids is 1. The Bertz CT molecular complexity index is 308. The van der Waals surface area contributed by atoms with Crippen molar-refractivity contribution in [3.8, 4) is 0 Å². The summed E-state index contributed by atoms with van der Waals surface area (Å²) in [4.78, 5) is 24.6. The number of carboxylic acid groups (broad SMARTS) is 1. The molecule has 0 aromatic heterocycles. The molecule has 1 atom stereocenters. The van der Waals surface area contributed by atoms with Crippen molar-refractivity contribution >= 4 is 11.9 Å². The number of hydrogen-bond donors (Lipinski definition) is 2. The van der Waals surface area contributed by atoms with Gasteiger partial charge in [-0.25, -0.2) is 0 Å². The predicted molar refractivity (Wildman–Crippen MR) is 69.1 cm³/mol. The van der Waals surface area contributed by atoms with Gasteiger partial charge in [-0.15, -0.1) is 0 Å². The maximum absolute atomic E-state index is 12.2. The molecule has 0 aromatic rings. The SMILES string of the molecule is CCN(C(=O)CC1(CN)CCC1)C(C)CC(=O)O. The van der Waals surface area contributed by atoms with Crippen molar-refractivity contribution in [2.24, 2.45) is 11.1 Å². The second-order valence-electron chi connectivity index (χ2n) is 5.36. The van der Waals surface area contributed by atoms with Gasteiger partial charge < -0.3 is 15.7 Å². The number of nitrogens with zero attached hydrogens (tertiary/aromatic N) is 1. The summed E-state index contributed by atoms with van der Waals surface area (Å²) in [6, 6.07) is -0.255. The van der Waals surface area contributed by atoms with Crippen molar-refractivity contribution in [1.29, 1.82) is 0 Å². The number of carbonyl (C=O) groups is 2. The molecule has 0 saturated heterocycles. The Kier molecular flexibility index (Phi) is 5.14. The zero-order valence-electron chi connectivity index (χ0n) is 11.3. The van der Waals surface area contributed by atoms with Gasteiger partial charge in [0.25, 0.3) is 0 Å². The second kappa shape index (κ2) is 6.18. The van der Waals surface area contributed by atoms with Crippen LogP contribution in [0.5, 0.6) is 0 Å². The van der Waals surface area contributed by atoms with E-state index in [0.717, 1.165) is 19.3 Å². The van der Waals surface area contributed by atoms with E-state index in [0.29, 0.717) is 19.5 Å². The third-order valence-electron chi connectivity index (χ3n) is 4.04. The first-order valence-corrected chi connectivity index (χ1v) is 6.65. The highest BCUT2D eigenvalue weighted by molar-refractivity contribution is 5.78. The summed E-state index contributed by atoms with van der Waals surface area (Å²) in [6.45, 7) is 4.76. The van der Waals surface area contributed by atoms with E-state index in [2.05, 4.69) is 0 Å². The largest absolute Gasteiger partial charge is 0.481 e. The number of amides is 1. The first-order valence-electron chi connectivity index (χ1n) is 6.65. The van der Waals surface area contributed by atoms with Crippen LogP contribution in [0.4, 0.5) is 0 Å². The normalized spacial score (nSPS) is 18.8. The van der Waals surface area contributed by atoms with Crippen LogP contribution in [0.3, 0.4) is 0 Å². The Morgan fingerprint density at radius 2 is 2.06 bits per heavy atom. The molecule has 1 fully saturated rings. The summed E-state index contributed by atoms with van der Waals surface area (Å²) in [6.07, 6.45) is 3.62. The fourth-order valence-corrected chi connectivity index (χ4v) is 2.65. The summed E-state index contributed by atoms with van der Waals surface area (Å²) < 4.78 is 0. The van der Waals surface area contributed by atoms with Crippen LogP contribution in [-0.2, 0) is 9.59 Å². The number of hydrogen-bond acceptors (Lipinski definition) is 3. The maximum Gasteiger partial charge on any atom is 0.305 e. The Balaban J connectivity index is 2.58. The smallest absolute Gasteiger partial charge is 0.305 e. The van der Waals surface area contributed by atoms with Crippen LogP contribution in [-0.4, -0.2) is 41.0 Å². The predicted octanol–water partition coefficient (Wildman–Crippen LogP) is 1.22. The zero-order chi connectivity index (χ0) is 13.8. The van der Waals surface area contributed by atoms with Crippen LogP contribution in [0.15, 0.2) is 0 Å². The van der Waals surface area contributed by atoms with E-state index in [-0.39, 0.29) is 23.8 Å². The Morgan fingerprint density at radius 1 is 1.44 bits per heavy atom. The lowest BCUT2D eigenvalue weighted by Crippen LogP contribution is -2.46. The summed E-state index contributed by atoms with van der Waals surface area (Å²) in [5.74, 6) is -0.831. The molecule has 5 heteroatoms. The lowest BCUT2D eigenvalue weighted by molar-refractivity contribution is -0.141. The van der Waals surface area contributed by atoms with Crippen LogP contribution in [0.25, 0.3) is 0 Å². The van der Waals surface area contributed by atoms with Crippen LogP contribution in [0.1, 0.15) is 46.0 Å². The molecule has 104 valence electrons. The molecular weight excluding hydrogens is 232 g/mol. The van der Waals surface area contributed by atoms with Gasteiger partial charge in [-0.1, -0.05) is 6.42 Å². The standard InChI is InChI=1S/C13H24N2O3/c1-3-15(10(2)7-12(17)18)11(16)8-13(9-14)5-4-6-13/h10H,3-9,14H2,1-2H3,(H,17,18). The summed E-state index contributed by atoms with van der Waals surface area (Å²) in [5.41, 5.74) is 5.73. The topological polar surface area (TPSA) is 83.6 Å². The van der Waals surface area contributed by atoms with Crippen molar-refractivity contribution in [3.05, 3.63) is 0 Å². The third-order valence-corrected chi connectivity index (χ3v) is 4.04. The minimum atomic E-state index is -0.870. The lowest BCUT2D eigenvalue weighted by Gasteiger charge is -2.42. The van der Waals surface area contributed by atoms with Crippen molar-refractivity contribution in [1.82, 2.24) is 4.90 Å². The van der Waals surface area contributed by atoms with Gasteiger partial charge in [-0.05, 0) is 38.6 Å². The molecule has 1 aliphatic rings. The molecule has 1 unspecified atom stereocenters. The molecule has 18 heavy (non-hydrogen) atoms. The molecule has 0 aromatic carbocycles. The number of rotatable bonds is 7. The average molecular weight is 256 g/mol. The van der Waals surface area contributed by atoms with Crippen LogP contribution in [0.2, 0.25) is 0 Å². The summed E-state index contributed by atoms with van der Waals surface area (Å²) in [5, 5.41) is 8.79. The Hall–Kier alpha value is -1.10. The molecule has 1 amide bonds. The quantitative estimate of drug-likeness (QED) is 0.717. The van der Waals surface area contributed by atoms with Crippen LogP contribution in [0, 0.1) is 5.41 Å². The monoisotopic (exact) mass is 256 g/mol. The van der Waals surface area contributed by atoms with E-state index in [1.165, 1.54) is 0 Å². The lowest BCUT2D eigenvalue weighted by atomic mass is 9.66. The third kappa shape index (κ3) is 3.45. The molecule has 1 saturated carbocycles. The van der Waals surface area contributed by atoms with E-state index in [4.69, 9.17) is 10.8 Å². The number of carboxylic acids is 1. The highest BCUT2D eigenvalue weighted by Gasteiger charge is 2.39. The van der Waals surface area contributed by atoms with E-state index in [1.807, 2.05) is 6.92 Å². The Morgan fingerprint density at radius 3 is 2.39 bits per heavy atom. The van der Waals surface area contributed by atoms with Gasteiger partial charge in [0.05, 0.1) is 6.42 Å². The fourth-order valence-electron chi connectivity index (χ4n) is 2.65. The van der Waals surface area contributed by atoms with Crippen molar-refractivity contribution in [3.63, 3.8) is 0 Å². The number of nitrogens with two attached hydrogens (primary N) is 1. The first kappa shape index (κ1) is 15.0. The highest BCUT2D eigenvalue weighted by Crippen LogP contribution is 2.43. The van der Waals surface area contributed by atoms with Gasteiger partial charge >= 0.3 is 5.97 Å².